The molecule has 3 aromatic rings. The van der Waals surface area contributed by atoms with Crippen LogP contribution in [-0.4, -0.2) is 20.9 Å². The standard InChI is InChI=1S/C23H21FN2O3S/c1-16-5-8-19(9-6-16)23(27)26-12-11-18-10-7-17(13-22(18)26)15-25-30(28,29)21-4-2-3-20(24)14-21/h2-10,13-14,25H,11-12,15H2,1H3. The molecule has 30 heavy (non-hydrogen) atoms. The fourth-order valence-corrected chi connectivity index (χ4v) is 4.54. The number of anilines is 1. The lowest BCUT2D eigenvalue weighted by Gasteiger charge is -2.18. The predicted molar refractivity (Wildman–Crippen MR) is 113 cm³/mol. The number of carbonyl (C=O) groups excluding carboxylic acids is 1. The zero-order valence-electron chi connectivity index (χ0n) is 16.4. The Hall–Kier alpha value is -3.03. The minimum atomic E-state index is -3.84. The van der Waals surface area contributed by atoms with Crippen molar-refractivity contribution in [2.45, 2.75) is 24.8 Å². The number of rotatable bonds is 5. The van der Waals surface area contributed by atoms with E-state index in [4.69, 9.17) is 0 Å². The molecular weight excluding hydrogens is 403 g/mol. The molecule has 0 radical (unpaired) electrons. The van der Waals surface area contributed by atoms with Crippen LogP contribution in [0.3, 0.4) is 0 Å². The maximum Gasteiger partial charge on any atom is 0.258 e. The second-order valence-corrected chi connectivity index (χ2v) is 9.08. The van der Waals surface area contributed by atoms with Crippen molar-refractivity contribution in [2.24, 2.45) is 0 Å². The number of hydrogen-bond donors (Lipinski definition) is 1. The Bertz CT molecular complexity index is 1210. The van der Waals surface area contributed by atoms with Gasteiger partial charge in [-0.3, -0.25) is 4.79 Å². The maximum atomic E-state index is 13.4. The average molecular weight is 424 g/mol. The van der Waals surface area contributed by atoms with Gasteiger partial charge in [0.25, 0.3) is 5.91 Å². The maximum absolute atomic E-state index is 13.4. The molecule has 1 aliphatic heterocycles. The van der Waals surface area contributed by atoms with Gasteiger partial charge in [0.1, 0.15) is 5.82 Å². The SMILES string of the molecule is Cc1ccc(C(=O)N2CCc3ccc(CNS(=O)(=O)c4cccc(F)c4)cc32)cc1. The van der Waals surface area contributed by atoms with Gasteiger partial charge in [0, 0.05) is 24.3 Å². The molecule has 0 spiro atoms. The number of carbonyl (C=O) groups is 1. The fourth-order valence-electron chi connectivity index (χ4n) is 3.49. The number of sulfonamides is 1. The molecule has 0 saturated carbocycles. The molecule has 4 rings (SSSR count). The number of hydrogen-bond acceptors (Lipinski definition) is 3. The van der Waals surface area contributed by atoms with Gasteiger partial charge in [0.05, 0.1) is 4.90 Å². The number of halogens is 1. The van der Waals surface area contributed by atoms with Crippen LogP contribution >= 0.6 is 0 Å². The number of nitrogens with zero attached hydrogens (tertiary/aromatic N) is 1. The first-order valence-corrected chi connectivity index (χ1v) is 11.1. The van der Waals surface area contributed by atoms with Crippen molar-refractivity contribution in [2.75, 3.05) is 11.4 Å². The molecule has 1 aliphatic rings. The van der Waals surface area contributed by atoms with Crippen LogP contribution in [0.25, 0.3) is 0 Å². The van der Waals surface area contributed by atoms with E-state index >= 15 is 0 Å². The fraction of sp³-hybridized carbons (Fsp3) is 0.174. The molecule has 1 N–H and O–H groups in total. The molecular formula is C23H21FN2O3S. The van der Waals surface area contributed by atoms with Gasteiger partial charge in [-0.15, -0.1) is 0 Å². The third kappa shape index (κ3) is 4.13. The lowest BCUT2D eigenvalue weighted by molar-refractivity contribution is 0.0989. The molecule has 7 heteroatoms. The van der Waals surface area contributed by atoms with E-state index in [0.29, 0.717) is 12.1 Å². The first-order chi connectivity index (χ1) is 14.3. The Morgan fingerprint density at radius 1 is 1.07 bits per heavy atom. The Kier molecular flexibility index (Phi) is 5.40. The number of nitrogens with one attached hydrogen (secondary N) is 1. The Morgan fingerprint density at radius 2 is 1.83 bits per heavy atom. The lowest BCUT2D eigenvalue weighted by atomic mass is 10.1. The first-order valence-electron chi connectivity index (χ1n) is 9.59. The first kappa shape index (κ1) is 20.3. The molecule has 0 fully saturated rings. The van der Waals surface area contributed by atoms with Gasteiger partial charge >= 0.3 is 0 Å². The molecule has 0 aromatic heterocycles. The highest BCUT2D eigenvalue weighted by Crippen LogP contribution is 2.30. The molecule has 1 heterocycles. The number of fused-ring (bicyclic) bond motifs is 1. The summed E-state index contributed by atoms with van der Waals surface area (Å²) in [5.41, 5.74) is 4.26. The third-order valence-corrected chi connectivity index (χ3v) is 6.56. The highest BCUT2D eigenvalue weighted by molar-refractivity contribution is 7.89. The zero-order chi connectivity index (χ0) is 21.3. The van der Waals surface area contributed by atoms with Gasteiger partial charge < -0.3 is 4.90 Å². The molecule has 1 amide bonds. The number of aryl methyl sites for hydroxylation is 1. The van der Waals surface area contributed by atoms with Crippen molar-refractivity contribution in [3.8, 4) is 0 Å². The molecule has 0 unspecified atom stereocenters. The summed E-state index contributed by atoms with van der Waals surface area (Å²) >= 11 is 0. The highest BCUT2D eigenvalue weighted by Gasteiger charge is 2.26. The molecule has 0 atom stereocenters. The quantitative estimate of drug-likeness (QED) is 0.677. The van der Waals surface area contributed by atoms with Crippen LogP contribution in [0.1, 0.15) is 27.0 Å². The van der Waals surface area contributed by atoms with E-state index in [2.05, 4.69) is 4.72 Å². The summed E-state index contributed by atoms with van der Waals surface area (Å²) in [6.07, 6.45) is 0.752. The van der Waals surface area contributed by atoms with Crippen molar-refractivity contribution < 1.29 is 17.6 Å². The van der Waals surface area contributed by atoms with Crippen molar-refractivity contribution >= 4 is 21.6 Å². The summed E-state index contributed by atoms with van der Waals surface area (Å²) in [5, 5.41) is 0. The van der Waals surface area contributed by atoms with Crippen LogP contribution in [0.15, 0.2) is 71.6 Å². The van der Waals surface area contributed by atoms with E-state index < -0.39 is 15.8 Å². The minimum absolute atomic E-state index is 0.0404. The Labute approximate surface area is 175 Å². The van der Waals surface area contributed by atoms with Gasteiger partial charge in [-0.25, -0.2) is 17.5 Å². The van der Waals surface area contributed by atoms with Gasteiger partial charge in [0.15, 0.2) is 0 Å². The van der Waals surface area contributed by atoms with Gasteiger partial charge in [-0.05, 0) is 60.9 Å². The summed E-state index contributed by atoms with van der Waals surface area (Å²) in [5.74, 6) is -0.688. The molecule has 154 valence electrons. The molecule has 0 bridgehead atoms. The van der Waals surface area contributed by atoms with E-state index in [-0.39, 0.29) is 17.3 Å². The van der Waals surface area contributed by atoms with Gasteiger partial charge in [0.2, 0.25) is 10.0 Å². The Morgan fingerprint density at radius 3 is 2.57 bits per heavy atom. The smallest absolute Gasteiger partial charge is 0.258 e. The summed E-state index contributed by atoms with van der Waals surface area (Å²) in [4.78, 5) is 14.5. The van der Waals surface area contributed by atoms with E-state index in [1.54, 1.807) is 4.90 Å². The van der Waals surface area contributed by atoms with E-state index in [1.165, 1.54) is 18.2 Å². The zero-order valence-corrected chi connectivity index (χ0v) is 17.2. The van der Waals surface area contributed by atoms with E-state index in [1.807, 2.05) is 49.4 Å². The van der Waals surface area contributed by atoms with Crippen molar-refractivity contribution in [1.82, 2.24) is 4.72 Å². The van der Waals surface area contributed by atoms with Crippen LogP contribution in [-0.2, 0) is 23.0 Å². The largest absolute Gasteiger partial charge is 0.308 e. The van der Waals surface area contributed by atoms with Gasteiger partial charge in [-0.1, -0.05) is 35.9 Å². The predicted octanol–water partition coefficient (Wildman–Crippen LogP) is 3.82. The summed E-state index contributed by atoms with van der Waals surface area (Å²) in [7, 11) is -3.84. The minimum Gasteiger partial charge on any atom is -0.308 e. The molecule has 0 aliphatic carbocycles. The van der Waals surface area contributed by atoms with Gasteiger partial charge in [-0.2, -0.15) is 0 Å². The molecule has 5 nitrogen and oxygen atoms in total. The van der Waals surface area contributed by atoms with Crippen LogP contribution in [0.2, 0.25) is 0 Å². The van der Waals surface area contributed by atoms with Crippen molar-refractivity contribution in [3.63, 3.8) is 0 Å². The normalized spacial score (nSPS) is 13.3. The van der Waals surface area contributed by atoms with E-state index in [0.717, 1.165) is 34.9 Å². The van der Waals surface area contributed by atoms with E-state index in [9.17, 15) is 17.6 Å². The summed E-state index contributed by atoms with van der Waals surface area (Å²) in [6, 6.07) is 17.9. The molecule has 0 saturated heterocycles. The van der Waals surface area contributed by atoms with Crippen LogP contribution in [0.4, 0.5) is 10.1 Å². The number of amides is 1. The third-order valence-electron chi connectivity index (χ3n) is 5.16. The lowest BCUT2D eigenvalue weighted by Crippen LogP contribution is -2.29. The van der Waals surface area contributed by atoms with Crippen molar-refractivity contribution in [1.29, 1.82) is 0 Å². The topological polar surface area (TPSA) is 66.5 Å². The summed E-state index contributed by atoms with van der Waals surface area (Å²) in [6.45, 7) is 2.59. The van der Waals surface area contributed by atoms with Crippen LogP contribution in [0, 0.1) is 12.7 Å². The van der Waals surface area contributed by atoms with Crippen LogP contribution < -0.4 is 9.62 Å². The highest BCUT2D eigenvalue weighted by atomic mass is 32.2. The second-order valence-electron chi connectivity index (χ2n) is 7.32. The van der Waals surface area contributed by atoms with Crippen LogP contribution in [0.5, 0.6) is 0 Å². The molecule has 3 aromatic carbocycles. The number of benzene rings is 3. The average Bonchev–Trinajstić information content (AvgIpc) is 3.15. The second kappa shape index (κ2) is 8.01. The Balaban J connectivity index is 1.53. The monoisotopic (exact) mass is 424 g/mol. The van der Waals surface area contributed by atoms with Crippen molar-refractivity contribution in [3.05, 3.63) is 94.8 Å². The summed E-state index contributed by atoms with van der Waals surface area (Å²) < 4.78 is 40.7.